The van der Waals surface area contributed by atoms with Gasteiger partial charge in [-0.25, -0.2) is 4.79 Å². The van der Waals surface area contributed by atoms with E-state index in [2.05, 4.69) is 81.5 Å². The lowest BCUT2D eigenvalue weighted by Crippen LogP contribution is -2.61. The zero-order valence-electron chi connectivity index (χ0n) is 44.7. The molecule has 1 aliphatic heterocycles. The first-order chi connectivity index (χ1) is 34.6. The van der Waals surface area contributed by atoms with Crippen molar-refractivity contribution in [2.45, 2.75) is 276 Å². The van der Waals surface area contributed by atoms with Gasteiger partial charge in [0.2, 0.25) is 0 Å². The molecule has 3 N–H and O–H groups in total. The Morgan fingerprint density at radius 2 is 0.915 bits per heavy atom. The molecule has 408 valence electrons. The highest BCUT2D eigenvalue weighted by Crippen LogP contribution is 2.26. The minimum absolute atomic E-state index is 0.0235. The molecule has 1 heterocycles. The summed E-state index contributed by atoms with van der Waals surface area (Å²) in [6.45, 7) is 5.78. The molecule has 0 saturated carbocycles. The molecule has 0 aromatic heterocycles. The first-order valence-electron chi connectivity index (χ1n) is 28.3. The summed E-state index contributed by atoms with van der Waals surface area (Å²) >= 11 is 0. The summed E-state index contributed by atoms with van der Waals surface area (Å²) in [5, 5.41) is 31.4. The molecule has 6 atom stereocenters. The molecular weight excluding hydrogens is 901 g/mol. The number of carbonyl (C=O) groups is 4. The van der Waals surface area contributed by atoms with Gasteiger partial charge in [0, 0.05) is 19.3 Å². The van der Waals surface area contributed by atoms with Crippen LogP contribution >= 0.6 is 0 Å². The number of aliphatic hydroxyl groups is 2. The molecule has 1 aliphatic rings. The van der Waals surface area contributed by atoms with E-state index in [-0.39, 0.29) is 25.9 Å². The van der Waals surface area contributed by atoms with Gasteiger partial charge in [0.05, 0.1) is 6.61 Å². The van der Waals surface area contributed by atoms with E-state index in [1.807, 2.05) is 0 Å². The van der Waals surface area contributed by atoms with Crippen LogP contribution in [0.25, 0.3) is 0 Å². The summed E-state index contributed by atoms with van der Waals surface area (Å²) in [4.78, 5) is 51.0. The summed E-state index contributed by atoms with van der Waals surface area (Å²) in [5.41, 5.74) is 0. The van der Waals surface area contributed by atoms with Gasteiger partial charge in [-0.2, -0.15) is 0 Å². The van der Waals surface area contributed by atoms with Crippen molar-refractivity contribution >= 4 is 23.9 Å². The number of carbonyl (C=O) groups excluding carboxylic acids is 3. The van der Waals surface area contributed by atoms with Gasteiger partial charge in [-0.15, -0.1) is 0 Å². The Labute approximate surface area is 430 Å². The predicted octanol–water partition coefficient (Wildman–Crippen LogP) is 14.0. The Balaban J connectivity index is 2.72. The second-order valence-corrected chi connectivity index (χ2v) is 19.2. The van der Waals surface area contributed by atoms with E-state index in [4.69, 9.17) is 23.7 Å². The molecule has 1 rings (SSSR count). The summed E-state index contributed by atoms with van der Waals surface area (Å²) in [5.74, 6) is -3.17. The summed E-state index contributed by atoms with van der Waals surface area (Å²) in [7, 11) is 0. The number of allylic oxidation sites excluding steroid dienone is 10. The first-order valence-corrected chi connectivity index (χ1v) is 28.3. The Morgan fingerprint density at radius 3 is 1.42 bits per heavy atom. The smallest absolute Gasteiger partial charge is 0.335 e. The van der Waals surface area contributed by atoms with Crippen LogP contribution < -0.4 is 0 Å². The van der Waals surface area contributed by atoms with Crippen molar-refractivity contribution < 1.29 is 58.2 Å². The molecule has 12 heteroatoms. The van der Waals surface area contributed by atoms with Crippen LogP contribution in [-0.2, 0) is 42.9 Å². The fourth-order valence-electron chi connectivity index (χ4n) is 8.24. The average Bonchev–Trinajstić information content (AvgIpc) is 3.35. The first kappa shape index (κ1) is 65.4. The monoisotopic (exact) mass is 1000 g/mol. The highest BCUT2D eigenvalue weighted by molar-refractivity contribution is 5.74. The van der Waals surface area contributed by atoms with E-state index < -0.39 is 67.3 Å². The number of ether oxygens (including phenoxy) is 5. The minimum Gasteiger partial charge on any atom is -0.479 e. The van der Waals surface area contributed by atoms with Crippen LogP contribution in [0.4, 0.5) is 0 Å². The van der Waals surface area contributed by atoms with Crippen LogP contribution in [-0.4, -0.2) is 89.2 Å². The molecule has 6 unspecified atom stereocenters. The van der Waals surface area contributed by atoms with Crippen LogP contribution in [0.2, 0.25) is 0 Å². The topological polar surface area (TPSA) is 175 Å². The molecule has 0 radical (unpaired) electrons. The molecule has 0 spiro atoms. The van der Waals surface area contributed by atoms with Crippen molar-refractivity contribution in [3.8, 4) is 0 Å². The third-order valence-electron chi connectivity index (χ3n) is 12.6. The van der Waals surface area contributed by atoms with Crippen LogP contribution in [0.1, 0.15) is 239 Å². The van der Waals surface area contributed by atoms with Crippen molar-refractivity contribution in [3.63, 3.8) is 0 Å². The molecule has 0 amide bonds. The van der Waals surface area contributed by atoms with Gasteiger partial charge in [-0.3, -0.25) is 14.4 Å². The van der Waals surface area contributed by atoms with Crippen LogP contribution in [0.3, 0.4) is 0 Å². The number of hydrogen-bond acceptors (Lipinski definition) is 11. The van der Waals surface area contributed by atoms with Crippen molar-refractivity contribution in [1.29, 1.82) is 0 Å². The number of carboxylic acid groups (broad SMARTS) is 1. The molecule has 71 heavy (non-hydrogen) atoms. The molecule has 0 aliphatic carbocycles. The Hall–Kier alpha value is -3.58. The van der Waals surface area contributed by atoms with Gasteiger partial charge in [-0.05, 0) is 77.0 Å². The number of aliphatic hydroxyl groups excluding tert-OH is 2. The van der Waals surface area contributed by atoms with Crippen LogP contribution in [0.5, 0.6) is 0 Å². The second-order valence-electron chi connectivity index (χ2n) is 19.2. The number of carboxylic acids is 1. The zero-order valence-corrected chi connectivity index (χ0v) is 44.7. The molecule has 0 aromatic carbocycles. The van der Waals surface area contributed by atoms with Gasteiger partial charge < -0.3 is 39.0 Å². The van der Waals surface area contributed by atoms with Gasteiger partial charge in [0.25, 0.3) is 0 Å². The Bertz CT molecular complexity index is 1470. The fourth-order valence-corrected chi connectivity index (χ4v) is 8.24. The maximum Gasteiger partial charge on any atom is 0.335 e. The SMILES string of the molecule is CC/C=C\C/C=C\C/C=C\CCCCCC(=O)OC1C(OCC(COC(=O)CCCCCCCCCCCCCCCCC)OC(=O)CCCCCCC/C=C\C/C=C\CCC)OC(C(=O)O)C(O)C1O. The lowest BCUT2D eigenvalue weighted by Gasteiger charge is -2.40. The number of hydrogen-bond donors (Lipinski definition) is 3. The lowest BCUT2D eigenvalue weighted by molar-refractivity contribution is -0.301. The molecule has 1 fully saturated rings. The van der Waals surface area contributed by atoms with E-state index in [9.17, 15) is 34.5 Å². The molecule has 1 saturated heterocycles. The highest BCUT2D eigenvalue weighted by atomic mass is 16.7. The Morgan fingerprint density at radius 1 is 0.479 bits per heavy atom. The fraction of sp³-hybridized carbons (Fsp3) is 0.763. The normalized spacial score (nSPS) is 18.9. The van der Waals surface area contributed by atoms with E-state index >= 15 is 0 Å². The number of unbranched alkanes of at least 4 members (excludes halogenated alkanes) is 23. The minimum atomic E-state index is -1.91. The third kappa shape index (κ3) is 37.8. The average molecular weight is 1000 g/mol. The zero-order chi connectivity index (χ0) is 51.8. The van der Waals surface area contributed by atoms with E-state index in [0.29, 0.717) is 19.3 Å². The van der Waals surface area contributed by atoms with Gasteiger partial charge >= 0.3 is 23.9 Å². The quantitative estimate of drug-likeness (QED) is 0.0228. The third-order valence-corrected chi connectivity index (χ3v) is 12.6. The van der Waals surface area contributed by atoms with Crippen LogP contribution in [0.15, 0.2) is 60.8 Å². The van der Waals surface area contributed by atoms with Crippen molar-refractivity contribution in [2.24, 2.45) is 0 Å². The molecule has 0 aromatic rings. The predicted molar refractivity (Wildman–Crippen MR) is 285 cm³/mol. The standard InChI is InChI=1S/C59H100O12/c1-4-7-10-13-16-19-22-25-26-29-30-33-36-39-42-45-51(60)67-48-50(69-52(61)46-43-40-37-34-31-27-23-20-17-14-11-8-5-2)49-68-59-57(55(64)54(63)56(71-59)58(65)66)70-53(62)47-44-41-38-35-32-28-24-21-18-15-12-9-6-3/h9,11-12,14,18,20-21,23,28,32,50,54-57,59,63-64H,4-8,10,13,15-17,19,22,24-27,29-31,33-49H2,1-3H3,(H,65,66)/b12-9-,14-11-,21-18-,23-20-,32-28-. The largest absolute Gasteiger partial charge is 0.479 e. The molecule has 12 nitrogen and oxygen atoms in total. The maximum atomic E-state index is 13.1. The lowest BCUT2D eigenvalue weighted by atomic mass is 9.98. The van der Waals surface area contributed by atoms with Gasteiger partial charge in [0.15, 0.2) is 24.6 Å². The number of esters is 3. The number of aliphatic carboxylic acids is 1. The number of rotatable bonds is 47. The van der Waals surface area contributed by atoms with Crippen LogP contribution in [0, 0.1) is 0 Å². The van der Waals surface area contributed by atoms with Crippen molar-refractivity contribution in [2.75, 3.05) is 13.2 Å². The van der Waals surface area contributed by atoms with Gasteiger partial charge in [0.1, 0.15) is 18.8 Å². The Kier molecular flexibility index (Phi) is 43.7. The summed E-state index contributed by atoms with van der Waals surface area (Å²) in [6, 6.07) is 0. The van der Waals surface area contributed by atoms with E-state index in [1.54, 1.807) is 0 Å². The maximum absolute atomic E-state index is 13.1. The molecular formula is C59H100O12. The second kappa shape index (κ2) is 47.4. The van der Waals surface area contributed by atoms with Gasteiger partial charge in [-0.1, -0.05) is 204 Å². The molecule has 0 bridgehead atoms. The summed E-state index contributed by atoms with van der Waals surface area (Å²) < 4.78 is 28.3. The van der Waals surface area contributed by atoms with E-state index in [1.165, 1.54) is 70.6 Å². The van der Waals surface area contributed by atoms with Crippen molar-refractivity contribution in [3.05, 3.63) is 60.8 Å². The van der Waals surface area contributed by atoms with Crippen molar-refractivity contribution in [1.82, 2.24) is 0 Å². The van der Waals surface area contributed by atoms with E-state index in [0.717, 1.165) is 109 Å². The highest BCUT2D eigenvalue weighted by Gasteiger charge is 2.50. The summed E-state index contributed by atoms with van der Waals surface area (Å²) in [6.07, 6.45) is 44.9.